The second-order valence-electron chi connectivity index (χ2n) is 7.58. The standard InChI is InChI=1S/C26H27N3O3S/c1-4-20-16-21(26(33-20)29-25(30)22-7-6-14-32-22)24(28-23-15-17(3)12-13-27-23)18-8-10-19(11-9-18)31-5-2/h6-16,24H,4-5H2,1-3H3,(H,27,28)(H,29,30)/t24-/m1/s1. The monoisotopic (exact) mass is 461 g/mol. The van der Waals surface area contributed by atoms with Gasteiger partial charge in [-0.1, -0.05) is 19.1 Å². The molecule has 1 aromatic carbocycles. The molecule has 1 amide bonds. The normalized spacial score (nSPS) is 11.7. The molecule has 0 fully saturated rings. The van der Waals surface area contributed by atoms with Crippen LogP contribution in [0.1, 0.15) is 52.0 Å². The first kappa shape index (κ1) is 22.6. The lowest BCUT2D eigenvalue weighted by atomic mass is 9.99. The van der Waals surface area contributed by atoms with Gasteiger partial charge in [-0.05, 0) is 73.9 Å². The molecule has 0 aliphatic rings. The van der Waals surface area contributed by atoms with Crippen molar-refractivity contribution < 1.29 is 13.9 Å². The topological polar surface area (TPSA) is 76.4 Å². The highest BCUT2D eigenvalue weighted by atomic mass is 32.1. The molecule has 3 aromatic heterocycles. The number of carbonyl (C=O) groups excluding carboxylic acids is 1. The van der Waals surface area contributed by atoms with Crippen LogP contribution in [0.4, 0.5) is 10.8 Å². The lowest BCUT2D eigenvalue weighted by Gasteiger charge is -2.21. The summed E-state index contributed by atoms with van der Waals surface area (Å²) >= 11 is 1.57. The first-order valence-electron chi connectivity index (χ1n) is 11.0. The molecule has 4 aromatic rings. The number of ether oxygens (including phenoxy) is 1. The van der Waals surface area contributed by atoms with Crippen LogP contribution in [0, 0.1) is 6.92 Å². The molecule has 0 spiro atoms. The average Bonchev–Trinajstić information content (AvgIpc) is 3.49. The van der Waals surface area contributed by atoms with Gasteiger partial charge in [0.2, 0.25) is 0 Å². The highest BCUT2D eigenvalue weighted by Crippen LogP contribution is 2.38. The summed E-state index contributed by atoms with van der Waals surface area (Å²) < 4.78 is 10.9. The number of anilines is 2. The number of nitrogens with zero attached hydrogens (tertiary/aromatic N) is 1. The van der Waals surface area contributed by atoms with Crippen molar-refractivity contribution in [1.29, 1.82) is 0 Å². The van der Waals surface area contributed by atoms with E-state index in [-0.39, 0.29) is 17.7 Å². The molecule has 3 heterocycles. The molecule has 7 heteroatoms. The van der Waals surface area contributed by atoms with E-state index in [1.54, 1.807) is 29.7 Å². The number of carbonyl (C=O) groups is 1. The number of thiophene rings is 1. The third-order valence-corrected chi connectivity index (χ3v) is 6.39. The maximum absolute atomic E-state index is 12.8. The summed E-state index contributed by atoms with van der Waals surface area (Å²) in [6, 6.07) is 17.3. The summed E-state index contributed by atoms with van der Waals surface area (Å²) in [4.78, 5) is 18.4. The maximum Gasteiger partial charge on any atom is 0.291 e. The first-order valence-corrected chi connectivity index (χ1v) is 11.8. The van der Waals surface area contributed by atoms with E-state index in [0.29, 0.717) is 6.61 Å². The van der Waals surface area contributed by atoms with Gasteiger partial charge < -0.3 is 19.8 Å². The number of amides is 1. The fraction of sp³-hybridized carbons (Fsp3) is 0.231. The number of pyridine rings is 1. The van der Waals surface area contributed by atoms with Crippen LogP contribution in [0.2, 0.25) is 0 Å². The van der Waals surface area contributed by atoms with Crippen molar-refractivity contribution in [3.8, 4) is 5.75 Å². The summed E-state index contributed by atoms with van der Waals surface area (Å²) in [6.45, 7) is 6.72. The van der Waals surface area contributed by atoms with E-state index in [1.165, 1.54) is 11.1 Å². The maximum atomic E-state index is 12.8. The second kappa shape index (κ2) is 10.4. The lowest BCUT2D eigenvalue weighted by Crippen LogP contribution is -2.17. The third kappa shape index (κ3) is 5.43. The van der Waals surface area contributed by atoms with Crippen molar-refractivity contribution in [2.24, 2.45) is 0 Å². The predicted octanol–water partition coefficient (Wildman–Crippen LogP) is 6.46. The molecule has 0 aliphatic heterocycles. The molecule has 0 saturated carbocycles. The molecule has 4 rings (SSSR count). The Morgan fingerprint density at radius 3 is 2.64 bits per heavy atom. The van der Waals surface area contributed by atoms with Gasteiger partial charge in [0, 0.05) is 16.6 Å². The van der Waals surface area contributed by atoms with Crippen molar-refractivity contribution in [3.63, 3.8) is 0 Å². The van der Waals surface area contributed by atoms with Crippen molar-refractivity contribution in [1.82, 2.24) is 4.98 Å². The van der Waals surface area contributed by atoms with Gasteiger partial charge in [0.15, 0.2) is 5.76 Å². The van der Waals surface area contributed by atoms with E-state index in [0.717, 1.165) is 39.7 Å². The number of furan rings is 1. The minimum Gasteiger partial charge on any atom is -0.494 e. The van der Waals surface area contributed by atoms with E-state index < -0.39 is 0 Å². The van der Waals surface area contributed by atoms with Gasteiger partial charge in [-0.3, -0.25) is 4.79 Å². The number of hydrogen-bond donors (Lipinski definition) is 2. The quantitative estimate of drug-likeness (QED) is 0.299. The number of benzene rings is 1. The van der Waals surface area contributed by atoms with Gasteiger partial charge in [-0.2, -0.15) is 0 Å². The Kier molecular flexibility index (Phi) is 7.10. The minimum absolute atomic E-state index is 0.224. The van der Waals surface area contributed by atoms with Gasteiger partial charge in [-0.25, -0.2) is 4.98 Å². The highest BCUT2D eigenvalue weighted by molar-refractivity contribution is 7.16. The Bertz CT molecular complexity index is 1200. The van der Waals surface area contributed by atoms with Crippen LogP contribution < -0.4 is 15.4 Å². The van der Waals surface area contributed by atoms with Crippen LogP contribution in [-0.4, -0.2) is 17.5 Å². The Morgan fingerprint density at radius 1 is 1.15 bits per heavy atom. The molecule has 0 unspecified atom stereocenters. The molecular weight excluding hydrogens is 434 g/mol. The van der Waals surface area contributed by atoms with E-state index in [9.17, 15) is 4.79 Å². The number of nitrogens with one attached hydrogen (secondary N) is 2. The largest absolute Gasteiger partial charge is 0.494 e. The zero-order chi connectivity index (χ0) is 23.2. The summed E-state index contributed by atoms with van der Waals surface area (Å²) in [5, 5.41) is 7.40. The van der Waals surface area contributed by atoms with Crippen LogP contribution in [0.5, 0.6) is 5.75 Å². The van der Waals surface area contributed by atoms with Crippen LogP contribution in [0.25, 0.3) is 0 Å². The van der Waals surface area contributed by atoms with Crippen LogP contribution in [0.3, 0.4) is 0 Å². The third-order valence-electron chi connectivity index (χ3n) is 5.18. The fourth-order valence-corrected chi connectivity index (χ4v) is 4.57. The predicted molar refractivity (Wildman–Crippen MR) is 132 cm³/mol. The second-order valence-corrected chi connectivity index (χ2v) is 8.72. The SMILES string of the molecule is CCOc1ccc([C@@H](Nc2cc(C)ccn2)c2cc(CC)sc2NC(=O)c2ccco2)cc1. The van der Waals surface area contributed by atoms with Gasteiger partial charge in [0.1, 0.15) is 16.6 Å². The fourth-order valence-electron chi connectivity index (χ4n) is 3.54. The van der Waals surface area contributed by atoms with Crippen LogP contribution in [-0.2, 0) is 6.42 Å². The Labute approximate surface area is 197 Å². The molecule has 2 N–H and O–H groups in total. The number of hydrogen-bond acceptors (Lipinski definition) is 6. The Balaban J connectivity index is 1.74. The molecule has 0 saturated heterocycles. The van der Waals surface area contributed by atoms with Crippen molar-refractivity contribution >= 4 is 28.1 Å². The zero-order valence-electron chi connectivity index (χ0n) is 18.9. The number of aromatic nitrogens is 1. The van der Waals surface area contributed by atoms with Crippen molar-refractivity contribution in [3.05, 3.63) is 94.4 Å². The first-order chi connectivity index (χ1) is 16.1. The number of aryl methyl sites for hydroxylation is 2. The summed E-state index contributed by atoms with van der Waals surface area (Å²) in [7, 11) is 0. The molecule has 0 bridgehead atoms. The van der Waals surface area contributed by atoms with Crippen molar-refractivity contribution in [2.75, 3.05) is 17.2 Å². The van der Waals surface area contributed by atoms with Gasteiger partial charge in [0.25, 0.3) is 5.91 Å². The molecule has 0 aliphatic carbocycles. The highest BCUT2D eigenvalue weighted by Gasteiger charge is 2.23. The Hall–Kier alpha value is -3.58. The van der Waals surface area contributed by atoms with Gasteiger partial charge in [-0.15, -0.1) is 11.3 Å². The van der Waals surface area contributed by atoms with E-state index in [4.69, 9.17) is 9.15 Å². The molecule has 1 atom stereocenters. The zero-order valence-corrected chi connectivity index (χ0v) is 19.7. The smallest absolute Gasteiger partial charge is 0.291 e. The van der Waals surface area contributed by atoms with Crippen LogP contribution in [0.15, 0.2) is 71.5 Å². The summed E-state index contributed by atoms with van der Waals surface area (Å²) in [5.74, 6) is 1.59. The molecular formula is C26H27N3O3S. The minimum atomic E-state index is -0.273. The van der Waals surface area contributed by atoms with E-state index in [1.807, 2.05) is 50.2 Å². The molecule has 6 nitrogen and oxygen atoms in total. The van der Waals surface area contributed by atoms with Gasteiger partial charge in [0.05, 0.1) is 18.9 Å². The molecule has 170 valence electrons. The molecule has 33 heavy (non-hydrogen) atoms. The Morgan fingerprint density at radius 2 is 1.97 bits per heavy atom. The summed E-state index contributed by atoms with van der Waals surface area (Å²) in [6.07, 6.45) is 4.15. The van der Waals surface area contributed by atoms with Crippen molar-refractivity contribution in [2.45, 2.75) is 33.2 Å². The lowest BCUT2D eigenvalue weighted by molar-refractivity contribution is 0.0997. The molecule has 0 radical (unpaired) electrons. The van der Waals surface area contributed by atoms with Gasteiger partial charge >= 0.3 is 0 Å². The number of rotatable bonds is 9. The average molecular weight is 462 g/mol. The van der Waals surface area contributed by atoms with E-state index in [2.05, 4.69) is 28.6 Å². The summed E-state index contributed by atoms with van der Waals surface area (Å²) in [5.41, 5.74) is 3.13. The van der Waals surface area contributed by atoms with Crippen LogP contribution >= 0.6 is 11.3 Å². The van der Waals surface area contributed by atoms with E-state index >= 15 is 0 Å².